The van der Waals surface area contributed by atoms with Crippen molar-refractivity contribution in [2.24, 2.45) is 0 Å². The number of hydrogen-bond acceptors (Lipinski definition) is 3. The molecule has 0 N–H and O–H groups in total. The Balaban J connectivity index is 2.78. The lowest BCUT2D eigenvalue weighted by Gasteiger charge is -2.21. The van der Waals surface area contributed by atoms with Gasteiger partial charge >= 0.3 is 0 Å². The van der Waals surface area contributed by atoms with Gasteiger partial charge in [-0.05, 0) is 27.2 Å². The van der Waals surface area contributed by atoms with Gasteiger partial charge in [-0.15, -0.1) is 0 Å². The van der Waals surface area contributed by atoms with Crippen molar-refractivity contribution in [1.29, 1.82) is 0 Å². The Bertz CT molecular complexity index is 257. The second-order valence-corrected chi connectivity index (χ2v) is 6.12. The first-order chi connectivity index (χ1) is 5.40. The van der Waals surface area contributed by atoms with Crippen LogP contribution in [0.1, 0.15) is 27.2 Å². The molecule has 0 radical (unpaired) electrons. The van der Waals surface area contributed by atoms with Crippen molar-refractivity contribution in [3.63, 3.8) is 0 Å². The molecule has 1 saturated heterocycles. The van der Waals surface area contributed by atoms with Crippen LogP contribution >= 0.6 is 0 Å². The molecule has 0 aromatic carbocycles. The molecule has 0 aromatic rings. The molecule has 1 aliphatic heterocycles. The Morgan fingerprint density at radius 1 is 1.58 bits per heavy atom. The van der Waals surface area contributed by atoms with Crippen LogP contribution < -0.4 is 0 Å². The summed E-state index contributed by atoms with van der Waals surface area (Å²) in [5.41, 5.74) is -0.438. The largest absolute Gasteiger partial charge is 0.374 e. The lowest BCUT2D eigenvalue weighted by atomic mass is 10.0. The second kappa shape index (κ2) is 3.00. The van der Waals surface area contributed by atoms with Crippen LogP contribution in [0, 0.1) is 0 Å². The molecule has 1 heterocycles. The van der Waals surface area contributed by atoms with Gasteiger partial charge in [0.25, 0.3) is 0 Å². The van der Waals surface area contributed by atoms with E-state index in [0.717, 1.165) is 0 Å². The van der Waals surface area contributed by atoms with Crippen LogP contribution in [0.15, 0.2) is 0 Å². The van der Waals surface area contributed by atoms with E-state index in [1.165, 1.54) is 0 Å². The molecular formula is C8H16O3S. The quantitative estimate of drug-likeness (QED) is 0.655. The fourth-order valence-corrected chi connectivity index (χ4v) is 3.75. The molecule has 1 aliphatic rings. The fraction of sp³-hybridized carbons (Fsp3) is 1.00. The molecule has 4 heteroatoms. The van der Waals surface area contributed by atoms with E-state index in [-0.39, 0.29) is 11.0 Å². The predicted octanol–water partition coefficient (Wildman–Crippen LogP) is 0.989. The summed E-state index contributed by atoms with van der Waals surface area (Å²) in [6.07, 6.45) is 0.628. The number of rotatable bonds is 2. The minimum absolute atomic E-state index is 0.176. The van der Waals surface area contributed by atoms with Gasteiger partial charge in [-0.25, -0.2) is 8.42 Å². The van der Waals surface area contributed by atoms with E-state index in [0.29, 0.717) is 13.0 Å². The smallest absolute Gasteiger partial charge is 0.155 e. The van der Waals surface area contributed by atoms with Crippen LogP contribution in [0.3, 0.4) is 0 Å². The Hall–Kier alpha value is -0.0900. The topological polar surface area (TPSA) is 43.4 Å². The Morgan fingerprint density at radius 3 is 2.50 bits per heavy atom. The highest BCUT2D eigenvalue weighted by Crippen LogP contribution is 2.31. The molecule has 2 atom stereocenters. The average molecular weight is 192 g/mol. The van der Waals surface area contributed by atoms with Crippen LogP contribution in [0.5, 0.6) is 0 Å². The van der Waals surface area contributed by atoms with Crippen molar-refractivity contribution >= 4 is 9.84 Å². The number of hydrogen-bond donors (Lipinski definition) is 0. The SMILES string of the molecule is CCOC1(C)CC(C)S(=O)(=O)C1. The molecule has 12 heavy (non-hydrogen) atoms. The molecule has 1 fully saturated rings. The molecule has 72 valence electrons. The fourth-order valence-electron chi connectivity index (χ4n) is 1.81. The Labute approximate surface area is 74.0 Å². The van der Waals surface area contributed by atoms with E-state index >= 15 is 0 Å². The van der Waals surface area contributed by atoms with Crippen molar-refractivity contribution < 1.29 is 13.2 Å². The van der Waals surface area contributed by atoms with Gasteiger partial charge < -0.3 is 4.74 Å². The van der Waals surface area contributed by atoms with E-state index in [2.05, 4.69) is 0 Å². The molecule has 1 rings (SSSR count). The summed E-state index contributed by atoms with van der Waals surface area (Å²) >= 11 is 0. The molecular weight excluding hydrogens is 176 g/mol. The van der Waals surface area contributed by atoms with Crippen LogP contribution in [0.4, 0.5) is 0 Å². The van der Waals surface area contributed by atoms with Gasteiger partial charge in [-0.1, -0.05) is 0 Å². The van der Waals surface area contributed by atoms with Crippen LogP contribution in [0.2, 0.25) is 0 Å². The number of ether oxygens (including phenoxy) is 1. The van der Waals surface area contributed by atoms with Gasteiger partial charge in [-0.3, -0.25) is 0 Å². The maximum Gasteiger partial charge on any atom is 0.155 e. The van der Waals surface area contributed by atoms with Crippen molar-refractivity contribution in [3.05, 3.63) is 0 Å². The first-order valence-corrected chi connectivity index (χ1v) is 5.97. The van der Waals surface area contributed by atoms with Crippen molar-refractivity contribution in [2.45, 2.75) is 38.0 Å². The summed E-state index contributed by atoms with van der Waals surface area (Å²) in [4.78, 5) is 0. The molecule has 0 aliphatic carbocycles. The lowest BCUT2D eigenvalue weighted by Crippen LogP contribution is -2.29. The summed E-state index contributed by atoms with van der Waals surface area (Å²) in [6, 6.07) is 0. The molecule has 0 amide bonds. The lowest BCUT2D eigenvalue weighted by molar-refractivity contribution is -0.00656. The molecule has 0 spiro atoms. The minimum atomic E-state index is -2.88. The maximum absolute atomic E-state index is 11.4. The normalized spacial score (nSPS) is 40.1. The first-order valence-electron chi connectivity index (χ1n) is 4.25. The van der Waals surface area contributed by atoms with Crippen molar-refractivity contribution in [2.75, 3.05) is 12.4 Å². The molecule has 2 unspecified atom stereocenters. The standard InChI is InChI=1S/C8H16O3S/c1-4-11-8(3)5-7(2)12(9,10)6-8/h7H,4-6H2,1-3H3. The van der Waals surface area contributed by atoms with E-state index in [1.807, 2.05) is 13.8 Å². The maximum atomic E-state index is 11.4. The van der Waals surface area contributed by atoms with Gasteiger partial charge in [0.1, 0.15) is 0 Å². The second-order valence-electron chi connectivity index (χ2n) is 3.70. The van der Waals surface area contributed by atoms with Gasteiger partial charge in [0.2, 0.25) is 0 Å². The van der Waals surface area contributed by atoms with Crippen molar-refractivity contribution in [3.8, 4) is 0 Å². The highest BCUT2D eigenvalue weighted by atomic mass is 32.2. The molecule has 0 saturated carbocycles. The minimum Gasteiger partial charge on any atom is -0.374 e. The Morgan fingerprint density at radius 2 is 2.17 bits per heavy atom. The zero-order chi connectivity index (χ0) is 9.41. The van der Waals surface area contributed by atoms with Crippen LogP contribution in [-0.2, 0) is 14.6 Å². The summed E-state index contributed by atoms with van der Waals surface area (Å²) < 4.78 is 28.2. The predicted molar refractivity (Wildman–Crippen MR) is 47.9 cm³/mol. The number of sulfone groups is 1. The summed E-state index contributed by atoms with van der Waals surface area (Å²) in [6.45, 7) is 6.09. The zero-order valence-electron chi connectivity index (χ0n) is 7.83. The van der Waals surface area contributed by atoms with Crippen molar-refractivity contribution in [1.82, 2.24) is 0 Å². The van der Waals surface area contributed by atoms with Crippen LogP contribution in [-0.4, -0.2) is 31.6 Å². The highest BCUT2D eigenvalue weighted by Gasteiger charge is 2.44. The highest BCUT2D eigenvalue weighted by molar-refractivity contribution is 7.92. The Kier molecular flexibility index (Phi) is 2.50. The summed E-state index contributed by atoms with van der Waals surface area (Å²) in [7, 11) is -2.88. The first kappa shape index (κ1) is 9.99. The molecule has 0 bridgehead atoms. The summed E-state index contributed by atoms with van der Waals surface area (Å²) in [5.74, 6) is 0.176. The third-order valence-corrected chi connectivity index (χ3v) is 4.74. The van der Waals surface area contributed by atoms with Gasteiger partial charge in [0, 0.05) is 6.61 Å². The molecule has 0 aromatic heterocycles. The summed E-state index contributed by atoms with van der Waals surface area (Å²) in [5, 5.41) is -0.242. The third-order valence-electron chi connectivity index (χ3n) is 2.33. The van der Waals surface area contributed by atoms with Crippen LogP contribution in [0.25, 0.3) is 0 Å². The zero-order valence-corrected chi connectivity index (χ0v) is 8.65. The van der Waals surface area contributed by atoms with Gasteiger partial charge in [0.15, 0.2) is 9.84 Å². The monoisotopic (exact) mass is 192 g/mol. The van der Waals surface area contributed by atoms with E-state index in [1.54, 1.807) is 6.92 Å². The third kappa shape index (κ3) is 1.80. The van der Waals surface area contributed by atoms with Gasteiger partial charge in [-0.2, -0.15) is 0 Å². The average Bonchev–Trinajstić information content (AvgIpc) is 2.02. The molecule has 3 nitrogen and oxygen atoms in total. The van der Waals surface area contributed by atoms with E-state index in [9.17, 15) is 8.42 Å². The van der Waals surface area contributed by atoms with E-state index < -0.39 is 15.4 Å². The van der Waals surface area contributed by atoms with E-state index in [4.69, 9.17) is 4.74 Å². The van der Waals surface area contributed by atoms with Gasteiger partial charge in [0.05, 0.1) is 16.6 Å².